The molecule has 22 heavy (non-hydrogen) atoms. The van der Waals surface area contributed by atoms with Crippen molar-refractivity contribution in [3.05, 3.63) is 18.1 Å². The van der Waals surface area contributed by atoms with Crippen LogP contribution < -0.4 is 4.90 Å². The summed E-state index contributed by atoms with van der Waals surface area (Å²) >= 11 is 0. The molecule has 0 aliphatic carbocycles. The molecular weight excluding hydrogens is 276 g/mol. The lowest BCUT2D eigenvalue weighted by molar-refractivity contribution is -0.130. The van der Waals surface area contributed by atoms with E-state index in [1.807, 2.05) is 17.3 Å². The molecule has 2 aliphatic rings. The maximum atomic E-state index is 11.6. The molecule has 0 radical (unpaired) electrons. The van der Waals surface area contributed by atoms with Gasteiger partial charge in [0.25, 0.3) is 0 Å². The lowest BCUT2D eigenvalue weighted by Gasteiger charge is -2.33. The van der Waals surface area contributed by atoms with Crippen LogP contribution in [0.3, 0.4) is 0 Å². The molecule has 3 rings (SSSR count). The maximum absolute atomic E-state index is 11.6. The molecule has 0 unspecified atom stereocenters. The molecule has 2 fully saturated rings. The molecule has 0 spiro atoms. The van der Waals surface area contributed by atoms with Crippen molar-refractivity contribution >= 4 is 11.7 Å². The first-order valence-electron chi connectivity index (χ1n) is 8.46. The second kappa shape index (κ2) is 6.63. The zero-order valence-electron chi connectivity index (χ0n) is 13.7. The van der Waals surface area contributed by atoms with E-state index in [1.54, 1.807) is 6.92 Å². The van der Waals surface area contributed by atoms with E-state index in [4.69, 9.17) is 4.98 Å². The van der Waals surface area contributed by atoms with Crippen LogP contribution in [0.25, 0.3) is 0 Å². The van der Waals surface area contributed by atoms with Crippen molar-refractivity contribution in [3.63, 3.8) is 0 Å². The van der Waals surface area contributed by atoms with Crippen molar-refractivity contribution in [1.29, 1.82) is 0 Å². The first-order chi connectivity index (χ1) is 10.6. The van der Waals surface area contributed by atoms with Gasteiger partial charge in [0.2, 0.25) is 5.91 Å². The zero-order valence-corrected chi connectivity index (χ0v) is 13.7. The second-order valence-corrected chi connectivity index (χ2v) is 6.78. The predicted octanol–water partition coefficient (Wildman–Crippen LogP) is 2.44. The minimum atomic E-state index is 0.166. The minimum Gasteiger partial charge on any atom is -0.355 e. The molecule has 0 N–H and O–H groups in total. The smallest absolute Gasteiger partial charge is 0.219 e. The van der Waals surface area contributed by atoms with E-state index in [2.05, 4.69) is 16.8 Å². The summed E-state index contributed by atoms with van der Waals surface area (Å²) in [5, 5.41) is 0. The molecule has 0 saturated carbocycles. The molecule has 5 nitrogen and oxygen atoms in total. The highest BCUT2D eigenvalue weighted by Crippen LogP contribution is 2.27. The topological polar surface area (TPSA) is 49.3 Å². The first-order valence-corrected chi connectivity index (χ1v) is 8.46. The minimum absolute atomic E-state index is 0.166. The van der Waals surface area contributed by atoms with Crippen LogP contribution in [0.5, 0.6) is 0 Å². The Hall–Kier alpha value is -1.65. The molecule has 120 valence electrons. The van der Waals surface area contributed by atoms with E-state index < -0.39 is 0 Å². The number of anilines is 1. The third-order valence-electron chi connectivity index (χ3n) is 5.03. The van der Waals surface area contributed by atoms with E-state index in [0.29, 0.717) is 5.92 Å². The van der Waals surface area contributed by atoms with Gasteiger partial charge in [-0.1, -0.05) is 6.92 Å². The molecule has 2 aliphatic heterocycles. The summed E-state index contributed by atoms with van der Waals surface area (Å²) in [6.45, 7) is 7.78. The number of aromatic nitrogens is 2. The third kappa shape index (κ3) is 3.39. The van der Waals surface area contributed by atoms with Gasteiger partial charge in [0.1, 0.15) is 5.82 Å². The van der Waals surface area contributed by atoms with Crippen molar-refractivity contribution < 1.29 is 4.79 Å². The lowest BCUT2D eigenvalue weighted by atomic mass is 9.95. The summed E-state index contributed by atoms with van der Waals surface area (Å²) < 4.78 is 0. The number of carbonyl (C=O) groups is 1. The molecule has 1 amide bonds. The van der Waals surface area contributed by atoms with E-state index in [9.17, 15) is 4.79 Å². The Balaban J connectivity index is 1.72. The van der Waals surface area contributed by atoms with Gasteiger partial charge in [-0.2, -0.15) is 0 Å². The Morgan fingerprint density at radius 3 is 2.68 bits per heavy atom. The van der Waals surface area contributed by atoms with Crippen LogP contribution in [-0.4, -0.2) is 47.0 Å². The van der Waals surface area contributed by atoms with E-state index in [-0.39, 0.29) is 5.91 Å². The molecule has 1 atom stereocenters. The zero-order chi connectivity index (χ0) is 15.5. The summed E-state index contributed by atoms with van der Waals surface area (Å²) in [7, 11) is 0. The van der Waals surface area contributed by atoms with Gasteiger partial charge in [0.05, 0.1) is 11.9 Å². The van der Waals surface area contributed by atoms with Gasteiger partial charge in [-0.15, -0.1) is 0 Å². The van der Waals surface area contributed by atoms with Crippen LogP contribution in [0.2, 0.25) is 0 Å². The number of hydrogen-bond donors (Lipinski definition) is 0. The van der Waals surface area contributed by atoms with Crippen LogP contribution >= 0.6 is 0 Å². The summed E-state index contributed by atoms with van der Waals surface area (Å²) in [4.78, 5) is 25.2. The molecule has 1 aromatic heterocycles. The number of nitrogens with zero attached hydrogens (tertiary/aromatic N) is 4. The molecule has 0 aromatic carbocycles. The fourth-order valence-electron chi connectivity index (χ4n) is 3.46. The number of likely N-dealkylation sites (tertiary alicyclic amines) is 1. The second-order valence-electron chi connectivity index (χ2n) is 6.78. The summed E-state index contributed by atoms with van der Waals surface area (Å²) in [5.74, 6) is 2.31. The molecule has 0 bridgehead atoms. The summed E-state index contributed by atoms with van der Waals surface area (Å²) in [6, 6.07) is 0. The Bertz CT molecular complexity index is 525. The molecular formula is C17H26N4O. The highest BCUT2D eigenvalue weighted by molar-refractivity contribution is 5.73. The van der Waals surface area contributed by atoms with Gasteiger partial charge in [0, 0.05) is 45.2 Å². The molecule has 2 saturated heterocycles. The first kappa shape index (κ1) is 15.3. The monoisotopic (exact) mass is 302 g/mol. The van der Waals surface area contributed by atoms with Crippen LogP contribution in [-0.2, 0) is 4.79 Å². The van der Waals surface area contributed by atoms with E-state index in [1.165, 1.54) is 12.8 Å². The fraction of sp³-hybridized carbons (Fsp3) is 0.706. The Morgan fingerprint density at radius 2 is 1.95 bits per heavy atom. The van der Waals surface area contributed by atoms with Gasteiger partial charge < -0.3 is 9.80 Å². The highest BCUT2D eigenvalue weighted by Gasteiger charge is 2.25. The fourth-order valence-corrected chi connectivity index (χ4v) is 3.46. The highest BCUT2D eigenvalue weighted by atomic mass is 16.2. The van der Waals surface area contributed by atoms with Crippen LogP contribution in [0.4, 0.5) is 5.82 Å². The van der Waals surface area contributed by atoms with E-state index in [0.717, 1.165) is 56.5 Å². The average Bonchev–Trinajstić information content (AvgIpc) is 2.56. The predicted molar refractivity (Wildman–Crippen MR) is 86.9 cm³/mol. The third-order valence-corrected chi connectivity index (χ3v) is 5.03. The van der Waals surface area contributed by atoms with Crippen molar-refractivity contribution in [3.8, 4) is 0 Å². The van der Waals surface area contributed by atoms with Crippen molar-refractivity contribution in [2.75, 3.05) is 31.1 Å². The van der Waals surface area contributed by atoms with Gasteiger partial charge in [-0.25, -0.2) is 4.98 Å². The van der Waals surface area contributed by atoms with Crippen molar-refractivity contribution in [2.24, 2.45) is 5.92 Å². The Labute approximate surface area is 132 Å². The van der Waals surface area contributed by atoms with Crippen molar-refractivity contribution in [1.82, 2.24) is 14.9 Å². The number of amides is 1. The molecule has 5 heteroatoms. The summed E-state index contributed by atoms with van der Waals surface area (Å²) in [6.07, 6.45) is 8.37. The lowest BCUT2D eigenvalue weighted by Crippen LogP contribution is -2.38. The molecule has 1 aromatic rings. The SMILES string of the molecule is CC(=O)N1CCC[C@H](c2cncc(N3CCC(C)CC3)n2)C1. The van der Waals surface area contributed by atoms with Gasteiger partial charge in [-0.3, -0.25) is 9.78 Å². The number of hydrogen-bond acceptors (Lipinski definition) is 4. The molecule has 3 heterocycles. The maximum Gasteiger partial charge on any atom is 0.219 e. The van der Waals surface area contributed by atoms with Gasteiger partial charge in [0.15, 0.2) is 0 Å². The van der Waals surface area contributed by atoms with E-state index >= 15 is 0 Å². The number of rotatable bonds is 2. The quantitative estimate of drug-likeness (QED) is 0.842. The Morgan fingerprint density at radius 1 is 1.18 bits per heavy atom. The average molecular weight is 302 g/mol. The van der Waals surface area contributed by atoms with Crippen LogP contribution in [0.1, 0.15) is 51.1 Å². The summed E-state index contributed by atoms with van der Waals surface area (Å²) in [5.41, 5.74) is 1.04. The standard InChI is InChI=1S/C17H26N4O/c1-13-5-8-20(9-6-13)17-11-18-10-16(19-17)15-4-3-7-21(12-15)14(2)22/h10-11,13,15H,3-9,12H2,1-2H3/t15-/m0/s1. The Kier molecular flexibility index (Phi) is 4.60. The largest absolute Gasteiger partial charge is 0.355 e. The normalized spacial score (nSPS) is 23.6. The van der Waals surface area contributed by atoms with Gasteiger partial charge >= 0.3 is 0 Å². The van der Waals surface area contributed by atoms with Crippen LogP contribution in [0, 0.1) is 5.92 Å². The van der Waals surface area contributed by atoms with Gasteiger partial charge in [-0.05, 0) is 31.6 Å². The number of piperidine rings is 2. The number of carbonyl (C=O) groups excluding carboxylic acids is 1. The van der Waals surface area contributed by atoms with Crippen molar-refractivity contribution in [2.45, 2.75) is 45.4 Å². The van der Waals surface area contributed by atoms with Crippen LogP contribution in [0.15, 0.2) is 12.4 Å².